The normalized spacial score (nSPS) is 14.4. The lowest BCUT2D eigenvalue weighted by molar-refractivity contribution is -0.384. The fourth-order valence-corrected chi connectivity index (χ4v) is 3.16. The van der Waals surface area contributed by atoms with Crippen molar-refractivity contribution in [3.05, 3.63) is 64.4 Å². The van der Waals surface area contributed by atoms with Gasteiger partial charge in [-0.15, -0.1) is 0 Å². The molecule has 1 aromatic carbocycles. The molecule has 0 saturated carbocycles. The molecule has 28 heavy (non-hydrogen) atoms. The molecule has 2 aromatic heterocycles. The molecule has 4 rings (SSSR count). The van der Waals surface area contributed by atoms with Crippen molar-refractivity contribution in [2.75, 3.05) is 36.0 Å². The lowest BCUT2D eigenvalue weighted by atomic mass is 10.2. The van der Waals surface area contributed by atoms with Crippen LogP contribution in [0.5, 0.6) is 0 Å². The molecule has 1 aliphatic rings. The summed E-state index contributed by atoms with van der Waals surface area (Å²) >= 11 is 0. The zero-order valence-corrected chi connectivity index (χ0v) is 15.2. The number of benzene rings is 1. The minimum Gasteiger partial charge on any atom is -0.368 e. The average molecular weight is 383 g/mol. The van der Waals surface area contributed by atoms with Gasteiger partial charge in [0.25, 0.3) is 5.95 Å². The van der Waals surface area contributed by atoms with E-state index in [4.69, 9.17) is 0 Å². The molecule has 0 atom stereocenters. The molecule has 0 amide bonds. The van der Waals surface area contributed by atoms with Crippen LogP contribution in [0.1, 0.15) is 5.69 Å². The fourth-order valence-electron chi connectivity index (χ4n) is 3.16. The van der Waals surface area contributed by atoms with Crippen LogP contribution in [0.4, 0.5) is 21.6 Å². The Morgan fingerprint density at radius 2 is 1.75 bits per heavy atom. The minimum absolute atomic E-state index is 0.112. The van der Waals surface area contributed by atoms with Crippen molar-refractivity contribution in [1.82, 2.24) is 19.7 Å². The molecule has 0 aliphatic carbocycles. The molecule has 0 spiro atoms. The quantitative estimate of drug-likeness (QED) is 0.504. The van der Waals surface area contributed by atoms with Crippen molar-refractivity contribution in [2.45, 2.75) is 6.92 Å². The maximum atomic E-state index is 13.1. The molecule has 10 heteroatoms. The van der Waals surface area contributed by atoms with Gasteiger partial charge >= 0.3 is 5.69 Å². The topological polar surface area (TPSA) is 93.2 Å². The van der Waals surface area contributed by atoms with Gasteiger partial charge in [-0.05, 0) is 31.2 Å². The predicted molar refractivity (Wildman–Crippen MR) is 101 cm³/mol. The molecule has 3 aromatic rings. The summed E-state index contributed by atoms with van der Waals surface area (Å²) < 4.78 is 14.4. The minimum atomic E-state index is -0.505. The Hall–Kier alpha value is -3.56. The number of rotatable bonds is 4. The van der Waals surface area contributed by atoms with E-state index >= 15 is 0 Å². The second kappa shape index (κ2) is 7.22. The van der Waals surface area contributed by atoms with E-state index in [0.29, 0.717) is 5.95 Å². The van der Waals surface area contributed by atoms with Gasteiger partial charge in [-0.1, -0.05) is 0 Å². The van der Waals surface area contributed by atoms with E-state index < -0.39 is 4.92 Å². The van der Waals surface area contributed by atoms with Crippen LogP contribution >= 0.6 is 0 Å². The second-order valence-electron chi connectivity index (χ2n) is 6.52. The summed E-state index contributed by atoms with van der Waals surface area (Å²) in [5.41, 5.74) is 1.63. The zero-order chi connectivity index (χ0) is 19.7. The highest BCUT2D eigenvalue weighted by Gasteiger charge is 2.20. The van der Waals surface area contributed by atoms with Gasteiger partial charge in [0.15, 0.2) is 0 Å². The van der Waals surface area contributed by atoms with Gasteiger partial charge in [0.1, 0.15) is 24.0 Å². The number of piperazine rings is 1. The summed E-state index contributed by atoms with van der Waals surface area (Å²) in [6.07, 6.45) is 2.47. The van der Waals surface area contributed by atoms with Crippen LogP contribution in [0.2, 0.25) is 0 Å². The third kappa shape index (κ3) is 3.61. The Morgan fingerprint density at radius 1 is 1.07 bits per heavy atom. The van der Waals surface area contributed by atoms with Gasteiger partial charge in [0.2, 0.25) is 0 Å². The number of aryl methyl sites for hydroxylation is 1. The monoisotopic (exact) mass is 383 g/mol. The van der Waals surface area contributed by atoms with Crippen LogP contribution in [0.15, 0.2) is 42.7 Å². The average Bonchev–Trinajstić information content (AvgIpc) is 3.19. The fraction of sp³-hybridized carbons (Fsp3) is 0.278. The molecule has 1 aliphatic heterocycles. The standard InChI is InChI=1S/C18H18FN7O2/c1-13-10-17(22-18(21-13)25-12-16(11-20-25)26(27)28)24-8-6-23(7-9-24)15-4-2-14(19)3-5-15/h2-5,10-12H,6-9H2,1H3. The van der Waals surface area contributed by atoms with E-state index in [1.54, 1.807) is 12.1 Å². The van der Waals surface area contributed by atoms with Gasteiger partial charge in [0.05, 0.1) is 4.92 Å². The van der Waals surface area contributed by atoms with Crippen molar-refractivity contribution in [1.29, 1.82) is 0 Å². The van der Waals surface area contributed by atoms with Crippen molar-refractivity contribution >= 4 is 17.2 Å². The highest BCUT2D eigenvalue weighted by Crippen LogP contribution is 2.21. The van der Waals surface area contributed by atoms with Gasteiger partial charge < -0.3 is 9.80 Å². The van der Waals surface area contributed by atoms with E-state index in [9.17, 15) is 14.5 Å². The van der Waals surface area contributed by atoms with Crippen molar-refractivity contribution in [2.24, 2.45) is 0 Å². The van der Waals surface area contributed by atoms with Crippen LogP contribution in [-0.2, 0) is 0 Å². The van der Waals surface area contributed by atoms with Gasteiger partial charge in [-0.3, -0.25) is 10.1 Å². The Labute approximate surface area is 160 Å². The molecule has 0 radical (unpaired) electrons. The summed E-state index contributed by atoms with van der Waals surface area (Å²) in [7, 11) is 0. The molecule has 9 nitrogen and oxygen atoms in total. The van der Waals surface area contributed by atoms with Crippen molar-refractivity contribution in [3.8, 4) is 5.95 Å². The van der Waals surface area contributed by atoms with Crippen molar-refractivity contribution in [3.63, 3.8) is 0 Å². The number of halogens is 1. The van der Waals surface area contributed by atoms with E-state index in [1.165, 1.54) is 29.2 Å². The maximum Gasteiger partial charge on any atom is 0.307 e. The highest BCUT2D eigenvalue weighted by atomic mass is 19.1. The molecule has 1 saturated heterocycles. The maximum absolute atomic E-state index is 13.1. The first kappa shape index (κ1) is 17.8. The van der Waals surface area contributed by atoms with Crippen LogP contribution in [-0.4, -0.2) is 50.9 Å². The van der Waals surface area contributed by atoms with Gasteiger partial charge in [-0.2, -0.15) is 14.8 Å². The number of anilines is 2. The van der Waals surface area contributed by atoms with E-state index in [-0.39, 0.29) is 11.5 Å². The van der Waals surface area contributed by atoms with Crippen LogP contribution in [0.3, 0.4) is 0 Å². The summed E-state index contributed by atoms with van der Waals surface area (Å²) in [6.45, 7) is 4.88. The molecule has 1 fully saturated rings. The molecule has 144 valence electrons. The molecule has 0 N–H and O–H groups in total. The summed E-state index contributed by atoms with van der Waals surface area (Å²) in [5.74, 6) is 0.800. The second-order valence-corrected chi connectivity index (χ2v) is 6.52. The van der Waals surface area contributed by atoms with Gasteiger partial charge in [-0.25, -0.2) is 9.37 Å². The van der Waals surface area contributed by atoms with Gasteiger partial charge in [0, 0.05) is 43.6 Å². The van der Waals surface area contributed by atoms with Crippen molar-refractivity contribution < 1.29 is 9.31 Å². The smallest absolute Gasteiger partial charge is 0.307 e. The Balaban J connectivity index is 1.51. The zero-order valence-electron chi connectivity index (χ0n) is 15.2. The van der Waals surface area contributed by atoms with E-state index in [0.717, 1.165) is 43.4 Å². The number of nitrogens with zero attached hydrogens (tertiary/aromatic N) is 7. The van der Waals surface area contributed by atoms with Crippen LogP contribution in [0, 0.1) is 22.9 Å². The van der Waals surface area contributed by atoms with Crippen LogP contribution in [0.25, 0.3) is 5.95 Å². The molecular weight excluding hydrogens is 365 g/mol. The highest BCUT2D eigenvalue weighted by molar-refractivity contribution is 5.50. The molecule has 3 heterocycles. The molecular formula is C18H18FN7O2. The van der Waals surface area contributed by atoms with Crippen LogP contribution < -0.4 is 9.80 Å². The first-order valence-electron chi connectivity index (χ1n) is 8.80. The summed E-state index contributed by atoms with van der Waals surface area (Å²) in [5, 5.41) is 14.9. The largest absolute Gasteiger partial charge is 0.368 e. The Kier molecular flexibility index (Phi) is 4.60. The third-order valence-corrected chi connectivity index (χ3v) is 4.61. The van der Waals surface area contributed by atoms with E-state index in [2.05, 4.69) is 24.9 Å². The Bertz CT molecular complexity index is 997. The lowest BCUT2D eigenvalue weighted by Gasteiger charge is -2.36. The summed E-state index contributed by atoms with van der Waals surface area (Å²) in [4.78, 5) is 23.6. The first-order valence-corrected chi connectivity index (χ1v) is 8.80. The third-order valence-electron chi connectivity index (χ3n) is 4.61. The molecule has 0 bridgehead atoms. The van der Waals surface area contributed by atoms with E-state index in [1.807, 2.05) is 13.0 Å². The SMILES string of the molecule is Cc1cc(N2CCN(c3ccc(F)cc3)CC2)nc(-n2cc([N+](=O)[O-])cn2)n1. The lowest BCUT2D eigenvalue weighted by Crippen LogP contribution is -2.47. The number of nitro groups is 1. The first-order chi connectivity index (χ1) is 13.5. The predicted octanol–water partition coefficient (Wildman–Crippen LogP) is 2.34. The number of hydrogen-bond acceptors (Lipinski definition) is 7. The number of aromatic nitrogens is 4. The molecule has 0 unspecified atom stereocenters. The number of hydrogen-bond donors (Lipinski definition) is 0. The summed E-state index contributed by atoms with van der Waals surface area (Å²) in [6, 6.07) is 8.37. The Morgan fingerprint density at radius 3 is 2.39 bits per heavy atom.